The molecule has 24 heavy (non-hydrogen) atoms. The summed E-state index contributed by atoms with van der Waals surface area (Å²) in [5.74, 6) is 1.14. The van der Waals surface area contributed by atoms with Gasteiger partial charge in [-0.15, -0.1) is 0 Å². The molecule has 0 amide bonds. The second-order valence-corrected chi connectivity index (χ2v) is 5.89. The lowest BCUT2D eigenvalue weighted by Gasteiger charge is -2.20. The second kappa shape index (κ2) is 7.52. The maximum Gasteiger partial charge on any atom is 0.232 e. The van der Waals surface area contributed by atoms with Gasteiger partial charge in [-0.05, 0) is 24.6 Å². The molecule has 128 valence electrons. The van der Waals surface area contributed by atoms with Crippen LogP contribution in [0.5, 0.6) is 0 Å². The lowest BCUT2D eigenvalue weighted by molar-refractivity contribution is 0.0561. The Morgan fingerprint density at radius 1 is 1.38 bits per heavy atom. The molecule has 1 saturated heterocycles. The summed E-state index contributed by atoms with van der Waals surface area (Å²) in [4.78, 5) is 14.8. The summed E-state index contributed by atoms with van der Waals surface area (Å²) in [6.45, 7) is 4.66. The van der Waals surface area contributed by atoms with Gasteiger partial charge in [-0.2, -0.15) is 15.0 Å². The zero-order chi connectivity index (χ0) is 16.9. The highest BCUT2D eigenvalue weighted by Gasteiger charge is 2.18. The number of aryl methyl sites for hydroxylation is 1. The Balaban J connectivity index is 1.73. The van der Waals surface area contributed by atoms with Gasteiger partial charge in [-0.1, -0.05) is 12.1 Å². The van der Waals surface area contributed by atoms with Crippen molar-refractivity contribution in [2.45, 2.75) is 19.6 Å². The first-order valence-electron chi connectivity index (χ1n) is 7.91. The van der Waals surface area contributed by atoms with Crippen LogP contribution in [0.4, 0.5) is 17.6 Å². The fraction of sp³-hybridized carbons (Fsp3) is 0.438. The van der Waals surface area contributed by atoms with Gasteiger partial charge in [-0.3, -0.25) is 4.90 Å². The molecule has 0 spiro atoms. The Morgan fingerprint density at radius 2 is 2.25 bits per heavy atom. The third kappa shape index (κ3) is 4.60. The van der Waals surface area contributed by atoms with Crippen molar-refractivity contribution >= 4 is 17.6 Å². The molecular formula is C16H22N6O2. The summed E-state index contributed by atoms with van der Waals surface area (Å²) in [6, 6.07) is 7.92. The molecule has 1 atom stereocenters. The van der Waals surface area contributed by atoms with E-state index in [-0.39, 0.29) is 5.95 Å². The molecule has 1 fully saturated rings. The highest BCUT2D eigenvalue weighted by molar-refractivity contribution is 5.54. The maximum absolute atomic E-state index is 9.81. The first-order chi connectivity index (χ1) is 11.6. The lowest BCUT2D eigenvalue weighted by Crippen LogP contribution is -2.33. The van der Waals surface area contributed by atoms with Crippen LogP contribution in [-0.4, -0.2) is 57.4 Å². The summed E-state index contributed by atoms with van der Waals surface area (Å²) < 4.78 is 5.33. The van der Waals surface area contributed by atoms with E-state index in [4.69, 9.17) is 10.5 Å². The number of benzene rings is 1. The molecule has 0 unspecified atom stereocenters. The minimum absolute atomic E-state index is 0.168. The van der Waals surface area contributed by atoms with Gasteiger partial charge in [0.15, 0.2) is 0 Å². The van der Waals surface area contributed by atoms with Gasteiger partial charge in [0.25, 0.3) is 0 Å². The number of nitrogens with two attached hydrogens (primary N) is 1. The average molecular weight is 330 g/mol. The summed E-state index contributed by atoms with van der Waals surface area (Å²) in [7, 11) is 0. The van der Waals surface area contributed by atoms with Crippen molar-refractivity contribution in [2.75, 3.05) is 37.4 Å². The smallest absolute Gasteiger partial charge is 0.232 e. The van der Waals surface area contributed by atoms with E-state index in [0.717, 1.165) is 11.3 Å². The number of ether oxygens (including phenoxy) is 1. The average Bonchev–Trinajstić information content (AvgIpc) is 2.70. The van der Waals surface area contributed by atoms with E-state index in [9.17, 15) is 5.11 Å². The van der Waals surface area contributed by atoms with Crippen LogP contribution in [0.1, 0.15) is 11.4 Å². The number of rotatable bonds is 4. The van der Waals surface area contributed by atoms with Crippen LogP contribution < -0.4 is 11.1 Å². The molecule has 2 aromatic rings. The molecule has 0 bridgehead atoms. The molecule has 0 radical (unpaired) electrons. The molecule has 1 aromatic heterocycles. The van der Waals surface area contributed by atoms with Crippen molar-refractivity contribution in [1.29, 1.82) is 0 Å². The second-order valence-electron chi connectivity index (χ2n) is 5.89. The number of β-amino-alcohol motifs (C(OH)–C–C–N with tert-alkyl or cyclic N) is 1. The van der Waals surface area contributed by atoms with Crippen LogP contribution in [0.3, 0.4) is 0 Å². The van der Waals surface area contributed by atoms with Gasteiger partial charge >= 0.3 is 0 Å². The van der Waals surface area contributed by atoms with E-state index < -0.39 is 6.10 Å². The maximum atomic E-state index is 9.81. The number of hydrogen-bond donors (Lipinski definition) is 3. The zero-order valence-corrected chi connectivity index (χ0v) is 13.6. The van der Waals surface area contributed by atoms with E-state index in [1.54, 1.807) is 0 Å². The number of aliphatic hydroxyl groups excluding tert-OH is 1. The van der Waals surface area contributed by atoms with Gasteiger partial charge in [0.05, 0.1) is 25.9 Å². The molecule has 3 rings (SSSR count). The topological polar surface area (TPSA) is 109 Å². The molecule has 1 aromatic carbocycles. The Bertz CT molecular complexity index is 696. The van der Waals surface area contributed by atoms with Crippen LogP contribution in [0, 0.1) is 6.92 Å². The van der Waals surface area contributed by atoms with Crippen molar-refractivity contribution in [3.05, 3.63) is 35.7 Å². The number of nitrogens with zero attached hydrogens (tertiary/aromatic N) is 4. The van der Waals surface area contributed by atoms with Crippen LogP contribution >= 0.6 is 0 Å². The number of aromatic nitrogens is 3. The predicted molar refractivity (Wildman–Crippen MR) is 90.8 cm³/mol. The van der Waals surface area contributed by atoms with Crippen molar-refractivity contribution in [3.8, 4) is 0 Å². The number of nitrogen functional groups attached to an aromatic ring is 1. The third-order valence-corrected chi connectivity index (χ3v) is 3.67. The first-order valence-corrected chi connectivity index (χ1v) is 7.91. The number of anilines is 3. The standard InChI is InChI=1S/C16H22N6O2/c1-11-3-2-4-12(7-11)18-16-20-14(19-15(17)21-16)9-22-5-6-24-10-13(23)8-22/h2-4,7,13,23H,5-6,8-10H2,1H3,(H3,17,18,19,20,21)/t13-/m1/s1. The van der Waals surface area contributed by atoms with Crippen LogP contribution in [0.15, 0.2) is 24.3 Å². The quantitative estimate of drug-likeness (QED) is 0.751. The predicted octanol–water partition coefficient (Wildman–Crippen LogP) is 0.699. The summed E-state index contributed by atoms with van der Waals surface area (Å²) >= 11 is 0. The molecule has 8 nitrogen and oxygen atoms in total. The van der Waals surface area contributed by atoms with Crippen molar-refractivity contribution < 1.29 is 9.84 Å². The first kappa shape index (κ1) is 16.6. The molecule has 1 aliphatic rings. The minimum atomic E-state index is -0.503. The lowest BCUT2D eigenvalue weighted by atomic mass is 10.2. The molecule has 0 saturated carbocycles. The van der Waals surface area contributed by atoms with Crippen molar-refractivity contribution in [3.63, 3.8) is 0 Å². The van der Waals surface area contributed by atoms with E-state index >= 15 is 0 Å². The molecule has 4 N–H and O–H groups in total. The van der Waals surface area contributed by atoms with Gasteiger partial charge in [0.2, 0.25) is 11.9 Å². The molecular weight excluding hydrogens is 308 g/mol. The fourth-order valence-electron chi connectivity index (χ4n) is 2.62. The van der Waals surface area contributed by atoms with Gasteiger partial charge in [-0.25, -0.2) is 0 Å². The van der Waals surface area contributed by atoms with Gasteiger partial charge < -0.3 is 20.9 Å². The molecule has 8 heteroatoms. The van der Waals surface area contributed by atoms with Crippen LogP contribution in [-0.2, 0) is 11.3 Å². The third-order valence-electron chi connectivity index (χ3n) is 3.67. The van der Waals surface area contributed by atoms with Crippen LogP contribution in [0.2, 0.25) is 0 Å². The monoisotopic (exact) mass is 330 g/mol. The van der Waals surface area contributed by atoms with Gasteiger partial charge in [0.1, 0.15) is 5.82 Å². The van der Waals surface area contributed by atoms with E-state index in [0.29, 0.717) is 44.6 Å². The SMILES string of the molecule is Cc1cccc(Nc2nc(N)nc(CN3CCOC[C@H](O)C3)n2)c1. The minimum Gasteiger partial charge on any atom is -0.389 e. The summed E-state index contributed by atoms with van der Waals surface area (Å²) in [6.07, 6.45) is -0.503. The summed E-state index contributed by atoms with van der Waals surface area (Å²) in [5, 5.41) is 13.0. The Kier molecular flexibility index (Phi) is 5.19. The normalized spacial score (nSPS) is 19.0. The van der Waals surface area contributed by atoms with E-state index in [1.165, 1.54) is 0 Å². The number of hydrogen-bond acceptors (Lipinski definition) is 8. The highest BCUT2D eigenvalue weighted by atomic mass is 16.5. The largest absolute Gasteiger partial charge is 0.389 e. The van der Waals surface area contributed by atoms with Crippen molar-refractivity contribution in [2.24, 2.45) is 0 Å². The van der Waals surface area contributed by atoms with E-state index in [2.05, 4.69) is 20.3 Å². The van der Waals surface area contributed by atoms with Gasteiger partial charge in [0, 0.05) is 18.8 Å². The summed E-state index contributed by atoms with van der Waals surface area (Å²) in [5.41, 5.74) is 7.84. The Labute approximate surface area is 140 Å². The van der Waals surface area contributed by atoms with E-state index in [1.807, 2.05) is 36.1 Å². The molecule has 1 aliphatic heterocycles. The van der Waals surface area contributed by atoms with Crippen molar-refractivity contribution in [1.82, 2.24) is 19.9 Å². The fourth-order valence-corrected chi connectivity index (χ4v) is 2.62. The Morgan fingerprint density at radius 3 is 3.08 bits per heavy atom. The molecule has 2 heterocycles. The van der Waals surface area contributed by atoms with Crippen LogP contribution in [0.25, 0.3) is 0 Å². The zero-order valence-electron chi connectivity index (χ0n) is 13.6. The molecule has 0 aliphatic carbocycles. The highest BCUT2D eigenvalue weighted by Crippen LogP contribution is 2.15. The number of nitrogens with one attached hydrogen (secondary N) is 1. The Hall–Kier alpha value is -2.29. The number of aliphatic hydroxyl groups is 1.